The van der Waals surface area contributed by atoms with E-state index in [2.05, 4.69) is 19.2 Å². The van der Waals surface area contributed by atoms with Crippen molar-refractivity contribution in [2.24, 2.45) is 0 Å². The Labute approximate surface area is 96.8 Å². The van der Waals surface area contributed by atoms with Gasteiger partial charge in [0.15, 0.2) is 0 Å². The molecule has 0 aliphatic heterocycles. The number of benzene rings is 1. The first-order valence-electron chi connectivity index (χ1n) is 5.79. The van der Waals surface area contributed by atoms with Gasteiger partial charge in [0, 0.05) is 5.69 Å². The number of hydrogen-bond acceptors (Lipinski definition) is 2. The summed E-state index contributed by atoms with van der Waals surface area (Å²) in [6, 6.07) is 7.76. The van der Waals surface area contributed by atoms with Crippen molar-refractivity contribution in [2.45, 2.75) is 33.1 Å². The van der Waals surface area contributed by atoms with E-state index in [1.54, 1.807) is 0 Å². The topological polar surface area (TPSA) is 38.3 Å². The van der Waals surface area contributed by atoms with Crippen molar-refractivity contribution >= 4 is 11.8 Å². The van der Waals surface area contributed by atoms with Crippen LogP contribution >= 0.6 is 0 Å². The van der Waals surface area contributed by atoms with Gasteiger partial charge in [0.1, 0.15) is 0 Å². The molecular formula is C13H19NO2. The fourth-order valence-corrected chi connectivity index (χ4v) is 1.41. The summed E-state index contributed by atoms with van der Waals surface area (Å²) < 4.78 is 5.04. The van der Waals surface area contributed by atoms with Gasteiger partial charge in [0.05, 0.1) is 6.61 Å². The molecule has 16 heavy (non-hydrogen) atoms. The number of rotatable bonds is 5. The Kier molecular flexibility index (Phi) is 5.40. The molecule has 1 aromatic rings. The summed E-state index contributed by atoms with van der Waals surface area (Å²) in [6.45, 7) is 4.60. The molecule has 0 heterocycles. The predicted molar refractivity (Wildman–Crippen MR) is 65.7 cm³/mol. The summed E-state index contributed by atoms with van der Waals surface area (Å²) in [5.74, 6) is 0. The van der Waals surface area contributed by atoms with Crippen LogP contribution in [0.2, 0.25) is 0 Å². The third kappa shape index (κ3) is 3.93. The van der Waals surface area contributed by atoms with E-state index >= 15 is 0 Å². The molecule has 0 aliphatic carbocycles. The number of hydrogen-bond donors (Lipinski definition) is 1. The third-order valence-electron chi connectivity index (χ3n) is 2.37. The molecule has 0 saturated carbocycles. The lowest BCUT2D eigenvalue weighted by Crippen LogP contribution is -2.15. The van der Waals surface area contributed by atoms with Crippen LogP contribution in [0.4, 0.5) is 10.5 Å². The van der Waals surface area contributed by atoms with Crippen LogP contribution in [0.15, 0.2) is 24.3 Å². The highest BCUT2D eigenvalue weighted by Gasteiger charge is 2.05. The highest BCUT2D eigenvalue weighted by Crippen LogP contribution is 2.15. The second kappa shape index (κ2) is 6.88. The normalized spacial score (nSPS) is 9.88. The maximum absolute atomic E-state index is 11.4. The largest absolute Gasteiger partial charge is 0.449 e. The van der Waals surface area contributed by atoms with Gasteiger partial charge in [-0.15, -0.1) is 0 Å². The van der Waals surface area contributed by atoms with Gasteiger partial charge < -0.3 is 4.74 Å². The Morgan fingerprint density at radius 3 is 2.75 bits per heavy atom. The summed E-state index contributed by atoms with van der Waals surface area (Å²) in [4.78, 5) is 11.4. The predicted octanol–water partition coefficient (Wildman–Crippen LogP) is 3.60. The van der Waals surface area contributed by atoms with Gasteiger partial charge in [-0.2, -0.15) is 0 Å². The first-order valence-corrected chi connectivity index (χ1v) is 5.79. The van der Waals surface area contributed by atoms with Crippen molar-refractivity contribution in [1.82, 2.24) is 0 Å². The number of carbonyl (C=O) groups is 1. The second-order valence-electron chi connectivity index (χ2n) is 3.63. The molecule has 1 aromatic carbocycles. The lowest BCUT2D eigenvalue weighted by atomic mass is 10.1. The van der Waals surface area contributed by atoms with Crippen LogP contribution in [0.3, 0.4) is 0 Å². The minimum absolute atomic E-state index is 0.366. The molecule has 0 spiro atoms. The molecule has 1 amide bonds. The van der Waals surface area contributed by atoms with Gasteiger partial charge in [-0.25, -0.2) is 4.79 Å². The number of anilines is 1. The number of nitrogens with one attached hydrogen (secondary N) is 1. The van der Waals surface area contributed by atoms with Gasteiger partial charge in [0.2, 0.25) is 0 Å². The molecule has 0 radical (unpaired) electrons. The molecule has 3 heteroatoms. The molecule has 1 rings (SSSR count). The SMILES string of the molecule is CCCCOC(=O)Nc1ccccc1CC. The Bertz CT molecular complexity index is 336. The van der Waals surface area contributed by atoms with E-state index in [1.165, 1.54) is 0 Å². The van der Waals surface area contributed by atoms with Crippen molar-refractivity contribution in [3.05, 3.63) is 29.8 Å². The van der Waals surface area contributed by atoms with Gasteiger partial charge in [0.25, 0.3) is 0 Å². The first-order chi connectivity index (χ1) is 7.77. The highest BCUT2D eigenvalue weighted by molar-refractivity contribution is 5.85. The van der Waals surface area contributed by atoms with Crippen LogP contribution in [-0.4, -0.2) is 12.7 Å². The molecule has 0 saturated heterocycles. The number of carbonyl (C=O) groups excluding carboxylic acids is 1. The first kappa shape index (κ1) is 12.6. The van der Waals surface area contributed by atoms with Crippen LogP contribution in [-0.2, 0) is 11.2 Å². The Balaban J connectivity index is 2.49. The van der Waals surface area contributed by atoms with Gasteiger partial charge in [-0.05, 0) is 24.5 Å². The average molecular weight is 221 g/mol. The van der Waals surface area contributed by atoms with Crippen molar-refractivity contribution in [1.29, 1.82) is 0 Å². The Morgan fingerprint density at radius 1 is 1.31 bits per heavy atom. The summed E-state index contributed by atoms with van der Waals surface area (Å²) >= 11 is 0. The standard InChI is InChI=1S/C13H19NO2/c1-3-5-10-16-13(15)14-12-9-7-6-8-11(12)4-2/h6-9H,3-5,10H2,1-2H3,(H,14,15). The molecule has 0 aliphatic rings. The molecule has 0 unspecified atom stereocenters. The molecule has 0 aromatic heterocycles. The van der Waals surface area contributed by atoms with Crippen LogP contribution in [0.5, 0.6) is 0 Å². The van der Waals surface area contributed by atoms with Crippen molar-refractivity contribution in [3.8, 4) is 0 Å². The summed E-state index contributed by atoms with van der Waals surface area (Å²) in [7, 11) is 0. The van der Waals surface area contributed by atoms with Crippen molar-refractivity contribution in [3.63, 3.8) is 0 Å². The van der Waals surface area contributed by atoms with E-state index in [4.69, 9.17) is 4.74 Å². The fourth-order valence-electron chi connectivity index (χ4n) is 1.41. The zero-order valence-electron chi connectivity index (χ0n) is 9.95. The lowest BCUT2D eigenvalue weighted by Gasteiger charge is -2.09. The van der Waals surface area contributed by atoms with Crippen molar-refractivity contribution < 1.29 is 9.53 Å². The van der Waals surface area contributed by atoms with Crippen LogP contribution in [0.1, 0.15) is 32.3 Å². The van der Waals surface area contributed by atoms with Crippen molar-refractivity contribution in [2.75, 3.05) is 11.9 Å². The molecule has 3 nitrogen and oxygen atoms in total. The number of aryl methyl sites for hydroxylation is 1. The van der Waals surface area contributed by atoms with E-state index in [-0.39, 0.29) is 6.09 Å². The van der Waals surface area contributed by atoms with E-state index < -0.39 is 0 Å². The van der Waals surface area contributed by atoms with Gasteiger partial charge in [-0.3, -0.25) is 5.32 Å². The quantitative estimate of drug-likeness (QED) is 0.771. The van der Waals surface area contributed by atoms with E-state index in [0.717, 1.165) is 30.5 Å². The number of amides is 1. The van der Waals surface area contributed by atoms with Gasteiger partial charge >= 0.3 is 6.09 Å². The summed E-state index contributed by atoms with van der Waals surface area (Å²) in [6.07, 6.45) is 2.46. The highest BCUT2D eigenvalue weighted by atomic mass is 16.5. The second-order valence-corrected chi connectivity index (χ2v) is 3.63. The molecule has 0 atom stereocenters. The third-order valence-corrected chi connectivity index (χ3v) is 2.37. The van der Waals surface area contributed by atoms with E-state index in [1.807, 2.05) is 24.3 Å². The minimum Gasteiger partial charge on any atom is -0.449 e. The minimum atomic E-state index is -0.366. The number of para-hydroxylation sites is 1. The maximum Gasteiger partial charge on any atom is 0.411 e. The lowest BCUT2D eigenvalue weighted by molar-refractivity contribution is 0.160. The summed E-state index contributed by atoms with van der Waals surface area (Å²) in [5.41, 5.74) is 1.96. The zero-order chi connectivity index (χ0) is 11.8. The van der Waals surface area contributed by atoms with E-state index in [9.17, 15) is 4.79 Å². The van der Waals surface area contributed by atoms with Crippen LogP contribution in [0, 0.1) is 0 Å². The maximum atomic E-state index is 11.4. The zero-order valence-corrected chi connectivity index (χ0v) is 9.95. The molecular weight excluding hydrogens is 202 g/mol. The van der Waals surface area contributed by atoms with Gasteiger partial charge in [-0.1, -0.05) is 38.5 Å². The molecule has 0 fully saturated rings. The van der Waals surface area contributed by atoms with Crippen LogP contribution < -0.4 is 5.32 Å². The molecule has 88 valence electrons. The average Bonchev–Trinajstić information content (AvgIpc) is 2.30. The number of unbranched alkanes of at least 4 members (excludes halogenated alkanes) is 1. The molecule has 0 bridgehead atoms. The Morgan fingerprint density at radius 2 is 2.06 bits per heavy atom. The fraction of sp³-hybridized carbons (Fsp3) is 0.462. The monoisotopic (exact) mass is 221 g/mol. The number of ether oxygens (including phenoxy) is 1. The van der Waals surface area contributed by atoms with E-state index in [0.29, 0.717) is 6.61 Å². The van der Waals surface area contributed by atoms with Crippen LogP contribution in [0.25, 0.3) is 0 Å². The Hall–Kier alpha value is -1.51. The summed E-state index contributed by atoms with van der Waals surface area (Å²) in [5, 5.41) is 2.76. The smallest absolute Gasteiger partial charge is 0.411 e. The molecule has 1 N–H and O–H groups in total.